The summed E-state index contributed by atoms with van der Waals surface area (Å²) in [7, 11) is 1.66. The summed E-state index contributed by atoms with van der Waals surface area (Å²) in [4.78, 5) is 0. The number of methoxy groups -OCH3 is 1. The average molecular weight is 254 g/mol. The highest BCUT2D eigenvalue weighted by Crippen LogP contribution is 2.39. The van der Waals surface area contributed by atoms with Crippen LogP contribution >= 0.6 is 0 Å². The van der Waals surface area contributed by atoms with Crippen molar-refractivity contribution in [3.05, 3.63) is 65.2 Å². The molecule has 0 aromatic heterocycles. The highest BCUT2D eigenvalue weighted by molar-refractivity contribution is 5.41. The van der Waals surface area contributed by atoms with Gasteiger partial charge in [0.15, 0.2) is 0 Å². The fraction of sp³-hybridized carbons (Fsp3) is 0.294. The Kier molecular flexibility index (Phi) is 3.26. The normalized spacial score (nSPS) is 21.2. The first kappa shape index (κ1) is 12.2. The molecule has 0 bridgehead atoms. The minimum absolute atomic E-state index is 0.268. The number of hydrogen-bond acceptors (Lipinski definition) is 2. The first-order valence-electron chi connectivity index (χ1n) is 6.66. The molecule has 0 fully saturated rings. The zero-order valence-corrected chi connectivity index (χ0v) is 11.0. The minimum atomic E-state index is -0.384. The van der Waals surface area contributed by atoms with Crippen LogP contribution in [-0.4, -0.2) is 12.2 Å². The van der Waals surface area contributed by atoms with E-state index in [1.165, 1.54) is 11.1 Å². The van der Waals surface area contributed by atoms with E-state index < -0.39 is 0 Å². The third-order valence-electron chi connectivity index (χ3n) is 3.94. The van der Waals surface area contributed by atoms with Crippen LogP contribution in [0.3, 0.4) is 0 Å². The van der Waals surface area contributed by atoms with Crippen molar-refractivity contribution in [2.24, 2.45) is 5.92 Å². The Balaban J connectivity index is 1.81. The van der Waals surface area contributed by atoms with Crippen molar-refractivity contribution in [1.82, 2.24) is 0 Å². The largest absolute Gasteiger partial charge is 0.497 e. The summed E-state index contributed by atoms with van der Waals surface area (Å²) in [5.74, 6) is 1.09. The molecule has 98 valence electrons. The monoisotopic (exact) mass is 254 g/mol. The second kappa shape index (κ2) is 5.06. The number of aliphatic hydroxyl groups excluding tert-OH is 1. The fourth-order valence-corrected chi connectivity index (χ4v) is 2.91. The molecule has 2 aromatic carbocycles. The second-order valence-electron chi connectivity index (χ2n) is 5.16. The van der Waals surface area contributed by atoms with Crippen molar-refractivity contribution in [3.63, 3.8) is 0 Å². The van der Waals surface area contributed by atoms with Crippen LogP contribution in [0.1, 0.15) is 22.8 Å². The summed E-state index contributed by atoms with van der Waals surface area (Å²) in [6.07, 6.45) is 1.47. The number of rotatable bonds is 3. The maximum Gasteiger partial charge on any atom is 0.119 e. The van der Waals surface area contributed by atoms with Gasteiger partial charge in [-0.15, -0.1) is 0 Å². The molecule has 0 saturated carbocycles. The average Bonchev–Trinajstić information content (AvgIpc) is 2.76. The Labute approximate surface area is 113 Å². The predicted octanol–water partition coefficient (Wildman–Crippen LogP) is 3.14. The van der Waals surface area contributed by atoms with E-state index in [2.05, 4.69) is 18.2 Å². The quantitative estimate of drug-likeness (QED) is 0.911. The van der Waals surface area contributed by atoms with Gasteiger partial charge in [-0.25, -0.2) is 0 Å². The Bertz CT molecular complexity index is 563. The third kappa shape index (κ3) is 2.36. The van der Waals surface area contributed by atoms with Crippen molar-refractivity contribution in [1.29, 1.82) is 0 Å². The molecule has 0 saturated heterocycles. The van der Waals surface area contributed by atoms with Crippen molar-refractivity contribution in [2.75, 3.05) is 7.11 Å². The molecular formula is C17H18O2. The molecule has 0 unspecified atom stereocenters. The van der Waals surface area contributed by atoms with E-state index in [4.69, 9.17) is 4.74 Å². The van der Waals surface area contributed by atoms with Crippen LogP contribution in [0.25, 0.3) is 0 Å². The molecule has 2 nitrogen and oxygen atoms in total. The highest BCUT2D eigenvalue weighted by Gasteiger charge is 2.31. The maximum absolute atomic E-state index is 10.5. The Morgan fingerprint density at radius 3 is 2.68 bits per heavy atom. The zero-order chi connectivity index (χ0) is 13.2. The molecule has 1 aliphatic carbocycles. The van der Waals surface area contributed by atoms with Crippen LogP contribution in [0.5, 0.6) is 5.75 Å². The lowest BCUT2D eigenvalue weighted by atomic mass is 9.95. The molecule has 3 rings (SSSR count). The van der Waals surface area contributed by atoms with Gasteiger partial charge < -0.3 is 9.84 Å². The highest BCUT2D eigenvalue weighted by atomic mass is 16.5. The van der Waals surface area contributed by atoms with Gasteiger partial charge in [-0.1, -0.05) is 36.4 Å². The lowest BCUT2D eigenvalue weighted by Gasteiger charge is -2.15. The minimum Gasteiger partial charge on any atom is -0.497 e. The fourth-order valence-electron chi connectivity index (χ4n) is 2.91. The van der Waals surface area contributed by atoms with Crippen LogP contribution in [0.4, 0.5) is 0 Å². The summed E-state index contributed by atoms with van der Waals surface area (Å²) in [6.45, 7) is 0. The SMILES string of the molecule is COc1ccc2c(c1)[C@H](O)[C@@H](Cc1ccccc1)C2. The molecule has 0 radical (unpaired) electrons. The number of hydrogen-bond donors (Lipinski definition) is 1. The summed E-state index contributed by atoms with van der Waals surface area (Å²) in [5.41, 5.74) is 3.56. The molecule has 0 heterocycles. The van der Waals surface area contributed by atoms with Gasteiger partial charge in [0.2, 0.25) is 0 Å². The van der Waals surface area contributed by atoms with Crippen molar-refractivity contribution in [2.45, 2.75) is 18.9 Å². The maximum atomic E-state index is 10.5. The molecule has 2 heteroatoms. The van der Waals surface area contributed by atoms with Crippen molar-refractivity contribution >= 4 is 0 Å². The van der Waals surface area contributed by atoms with Crippen LogP contribution in [0.15, 0.2) is 48.5 Å². The molecule has 0 aliphatic heterocycles. The summed E-state index contributed by atoms with van der Waals surface area (Å²) < 4.78 is 5.23. The molecule has 0 spiro atoms. The predicted molar refractivity (Wildman–Crippen MR) is 75.3 cm³/mol. The Morgan fingerprint density at radius 1 is 1.16 bits per heavy atom. The second-order valence-corrected chi connectivity index (χ2v) is 5.16. The summed E-state index contributed by atoms with van der Waals surface area (Å²) in [6, 6.07) is 16.4. The summed E-state index contributed by atoms with van der Waals surface area (Å²) >= 11 is 0. The first-order valence-corrected chi connectivity index (χ1v) is 6.66. The topological polar surface area (TPSA) is 29.5 Å². The van der Waals surface area contributed by atoms with E-state index in [1.54, 1.807) is 7.11 Å². The molecule has 2 atom stereocenters. The number of fused-ring (bicyclic) bond motifs is 1. The zero-order valence-electron chi connectivity index (χ0n) is 11.0. The van der Waals surface area contributed by atoms with Gasteiger partial charge in [0.05, 0.1) is 13.2 Å². The third-order valence-corrected chi connectivity index (χ3v) is 3.94. The molecule has 0 amide bonds. The number of benzene rings is 2. The van der Waals surface area contributed by atoms with E-state index in [0.29, 0.717) is 0 Å². The lowest BCUT2D eigenvalue weighted by molar-refractivity contribution is 0.123. The van der Waals surface area contributed by atoms with Gasteiger partial charge in [-0.3, -0.25) is 0 Å². The molecule has 1 aliphatic rings. The molecular weight excluding hydrogens is 236 g/mol. The van der Waals surface area contributed by atoms with E-state index in [9.17, 15) is 5.11 Å². The molecule has 2 aromatic rings. The molecule has 19 heavy (non-hydrogen) atoms. The lowest BCUT2D eigenvalue weighted by Crippen LogP contribution is -2.10. The Hall–Kier alpha value is -1.80. The smallest absolute Gasteiger partial charge is 0.119 e. The first-order chi connectivity index (χ1) is 9.28. The van der Waals surface area contributed by atoms with E-state index in [-0.39, 0.29) is 12.0 Å². The number of aliphatic hydroxyl groups is 1. The van der Waals surface area contributed by atoms with Gasteiger partial charge in [-0.2, -0.15) is 0 Å². The van der Waals surface area contributed by atoms with Gasteiger partial charge in [0.25, 0.3) is 0 Å². The van der Waals surface area contributed by atoms with Crippen LogP contribution in [0.2, 0.25) is 0 Å². The van der Waals surface area contributed by atoms with E-state index >= 15 is 0 Å². The van der Waals surface area contributed by atoms with Gasteiger partial charge >= 0.3 is 0 Å². The van der Waals surface area contributed by atoms with Crippen LogP contribution in [0, 0.1) is 5.92 Å². The Morgan fingerprint density at radius 2 is 1.95 bits per heavy atom. The van der Waals surface area contributed by atoms with Gasteiger partial charge in [0, 0.05) is 0 Å². The van der Waals surface area contributed by atoms with E-state index in [0.717, 1.165) is 24.2 Å². The number of ether oxygens (including phenoxy) is 1. The van der Waals surface area contributed by atoms with Crippen LogP contribution < -0.4 is 4.74 Å². The molecule has 1 N–H and O–H groups in total. The van der Waals surface area contributed by atoms with Crippen molar-refractivity contribution in [3.8, 4) is 5.75 Å². The van der Waals surface area contributed by atoms with Crippen LogP contribution in [-0.2, 0) is 12.8 Å². The summed E-state index contributed by atoms with van der Waals surface area (Å²) in [5, 5.41) is 10.5. The van der Waals surface area contributed by atoms with Gasteiger partial charge in [-0.05, 0) is 47.6 Å². The standard InChI is InChI=1S/C17H18O2/c1-19-15-8-7-13-10-14(17(18)16(13)11-15)9-12-5-3-2-4-6-12/h2-8,11,14,17-18H,9-10H2,1H3/t14-,17+/m0/s1. The van der Waals surface area contributed by atoms with Gasteiger partial charge in [0.1, 0.15) is 5.75 Å². The van der Waals surface area contributed by atoms with Crippen molar-refractivity contribution < 1.29 is 9.84 Å². The van der Waals surface area contributed by atoms with E-state index in [1.807, 2.05) is 30.3 Å².